The lowest BCUT2D eigenvalue weighted by Crippen LogP contribution is -2.33. The minimum Gasteiger partial charge on any atom is -0.381 e. The van der Waals surface area contributed by atoms with Crippen LogP contribution in [0.15, 0.2) is 36.7 Å². The first-order chi connectivity index (χ1) is 11.2. The van der Waals surface area contributed by atoms with Crippen molar-refractivity contribution in [2.75, 3.05) is 19.8 Å². The molecule has 2 heterocycles. The Labute approximate surface area is 136 Å². The van der Waals surface area contributed by atoms with Gasteiger partial charge in [-0.15, -0.1) is 0 Å². The highest BCUT2D eigenvalue weighted by molar-refractivity contribution is 5.18. The van der Waals surface area contributed by atoms with Gasteiger partial charge < -0.3 is 14.6 Å². The molecular formula is C18H24FN3O. The summed E-state index contributed by atoms with van der Waals surface area (Å²) in [5, 5.41) is 3.66. The maximum atomic E-state index is 13.1. The number of benzene rings is 1. The van der Waals surface area contributed by atoms with E-state index in [0.717, 1.165) is 50.4 Å². The Morgan fingerprint density at radius 1 is 1.30 bits per heavy atom. The fourth-order valence-electron chi connectivity index (χ4n) is 3.08. The monoisotopic (exact) mass is 317 g/mol. The van der Waals surface area contributed by atoms with Gasteiger partial charge in [0.05, 0.1) is 6.04 Å². The Morgan fingerprint density at radius 3 is 2.70 bits per heavy atom. The van der Waals surface area contributed by atoms with E-state index in [0.29, 0.717) is 5.92 Å². The molecule has 0 aliphatic carbocycles. The third kappa shape index (κ3) is 4.39. The van der Waals surface area contributed by atoms with Crippen molar-refractivity contribution in [2.24, 2.45) is 13.0 Å². The zero-order valence-electron chi connectivity index (χ0n) is 13.5. The molecule has 2 aromatic rings. The second-order valence-corrected chi connectivity index (χ2v) is 6.24. The summed E-state index contributed by atoms with van der Waals surface area (Å²) in [5.41, 5.74) is 1.11. The van der Waals surface area contributed by atoms with Crippen LogP contribution in [0, 0.1) is 11.7 Å². The molecule has 3 rings (SSSR count). The minimum absolute atomic E-state index is 0.128. The van der Waals surface area contributed by atoms with Gasteiger partial charge in [-0.1, -0.05) is 12.1 Å². The highest BCUT2D eigenvalue weighted by Crippen LogP contribution is 2.20. The molecule has 5 heteroatoms. The van der Waals surface area contributed by atoms with E-state index in [2.05, 4.69) is 10.3 Å². The summed E-state index contributed by atoms with van der Waals surface area (Å²) in [4.78, 5) is 4.50. The lowest BCUT2D eigenvalue weighted by atomic mass is 9.99. The van der Waals surface area contributed by atoms with Crippen LogP contribution in [0.1, 0.15) is 30.3 Å². The van der Waals surface area contributed by atoms with Crippen LogP contribution in [-0.2, 0) is 18.2 Å². The summed E-state index contributed by atoms with van der Waals surface area (Å²) in [6.07, 6.45) is 6.80. The van der Waals surface area contributed by atoms with Crippen molar-refractivity contribution in [3.05, 3.63) is 53.9 Å². The van der Waals surface area contributed by atoms with Crippen LogP contribution in [0.25, 0.3) is 0 Å². The maximum absolute atomic E-state index is 13.1. The fraction of sp³-hybridized carbons (Fsp3) is 0.500. The van der Waals surface area contributed by atoms with Gasteiger partial charge in [-0.25, -0.2) is 9.37 Å². The summed E-state index contributed by atoms with van der Waals surface area (Å²) < 4.78 is 20.6. The Bertz CT molecular complexity index is 605. The van der Waals surface area contributed by atoms with E-state index in [4.69, 9.17) is 4.74 Å². The molecule has 1 fully saturated rings. The topological polar surface area (TPSA) is 39.1 Å². The first-order valence-electron chi connectivity index (χ1n) is 8.25. The van der Waals surface area contributed by atoms with Gasteiger partial charge in [-0.3, -0.25) is 0 Å². The summed E-state index contributed by atoms with van der Waals surface area (Å²) in [6, 6.07) is 6.86. The average Bonchev–Trinajstić information content (AvgIpc) is 3.00. The maximum Gasteiger partial charge on any atom is 0.125 e. The smallest absolute Gasteiger partial charge is 0.125 e. The van der Waals surface area contributed by atoms with Crippen molar-refractivity contribution in [2.45, 2.75) is 25.3 Å². The molecule has 4 nitrogen and oxygen atoms in total. The van der Waals surface area contributed by atoms with Crippen molar-refractivity contribution in [1.29, 1.82) is 0 Å². The predicted octanol–water partition coefficient (Wildman–Crippen LogP) is 2.86. The number of nitrogens with zero attached hydrogens (tertiary/aromatic N) is 2. The lowest BCUT2D eigenvalue weighted by molar-refractivity contribution is 0.0653. The van der Waals surface area contributed by atoms with Crippen molar-refractivity contribution in [3.8, 4) is 0 Å². The van der Waals surface area contributed by atoms with Crippen LogP contribution in [0.4, 0.5) is 4.39 Å². The molecule has 1 saturated heterocycles. The zero-order valence-corrected chi connectivity index (χ0v) is 13.5. The molecule has 23 heavy (non-hydrogen) atoms. The molecule has 1 aromatic heterocycles. The molecule has 1 N–H and O–H groups in total. The molecule has 1 aliphatic heterocycles. The number of imidazole rings is 1. The zero-order chi connectivity index (χ0) is 16.1. The molecule has 0 saturated carbocycles. The van der Waals surface area contributed by atoms with Gasteiger partial charge >= 0.3 is 0 Å². The van der Waals surface area contributed by atoms with Crippen molar-refractivity contribution in [1.82, 2.24) is 14.9 Å². The molecule has 0 radical (unpaired) electrons. The van der Waals surface area contributed by atoms with E-state index in [-0.39, 0.29) is 11.9 Å². The third-order valence-electron chi connectivity index (χ3n) is 4.52. The van der Waals surface area contributed by atoms with Gasteiger partial charge in [0.2, 0.25) is 0 Å². The Morgan fingerprint density at radius 2 is 2.04 bits per heavy atom. The van der Waals surface area contributed by atoms with E-state index in [1.54, 1.807) is 0 Å². The lowest BCUT2D eigenvalue weighted by Gasteiger charge is -2.25. The van der Waals surface area contributed by atoms with E-state index < -0.39 is 0 Å². The van der Waals surface area contributed by atoms with Gasteiger partial charge in [0.1, 0.15) is 11.6 Å². The first kappa shape index (κ1) is 16.1. The first-order valence-corrected chi connectivity index (χ1v) is 8.25. The van der Waals surface area contributed by atoms with E-state index in [1.807, 2.05) is 36.1 Å². The second kappa shape index (κ2) is 7.70. The normalized spacial score (nSPS) is 17.3. The average molecular weight is 317 g/mol. The number of hydrogen-bond donors (Lipinski definition) is 1. The van der Waals surface area contributed by atoms with Gasteiger partial charge in [0.25, 0.3) is 0 Å². The van der Waals surface area contributed by atoms with E-state index in [1.165, 1.54) is 12.1 Å². The molecule has 0 amide bonds. The molecule has 1 aromatic carbocycles. The van der Waals surface area contributed by atoms with Crippen LogP contribution in [0.2, 0.25) is 0 Å². The number of aryl methyl sites for hydroxylation is 1. The third-order valence-corrected chi connectivity index (χ3v) is 4.52. The molecule has 1 unspecified atom stereocenters. The number of halogens is 1. The summed E-state index contributed by atoms with van der Waals surface area (Å²) >= 11 is 0. The van der Waals surface area contributed by atoms with Crippen LogP contribution in [-0.4, -0.2) is 29.3 Å². The number of rotatable bonds is 6. The molecule has 1 aliphatic rings. The number of nitrogens with one attached hydrogen (secondary N) is 1. The molecule has 1 atom stereocenters. The van der Waals surface area contributed by atoms with Gasteiger partial charge in [0.15, 0.2) is 0 Å². The largest absolute Gasteiger partial charge is 0.381 e. The van der Waals surface area contributed by atoms with Crippen LogP contribution in [0.5, 0.6) is 0 Å². The van der Waals surface area contributed by atoms with E-state index >= 15 is 0 Å². The minimum atomic E-state index is -0.197. The van der Waals surface area contributed by atoms with Crippen LogP contribution < -0.4 is 5.32 Å². The number of hydrogen-bond acceptors (Lipinski definition) is 3. The van der Waals surface area contributed by atoms with Crippen molar-refractivity contribution in [3.63, 3.8) is 0 Å². The molecule has 0 bridgehead atoms. The molecule has 0 spiro atoms. The molecular weight excluding hydrogens is 293 g/mol. The fourth-order valence-corrected chi connectivity index (χ4v) is 3.08. The predicted molar refractivity (Wildman–Crippen MR) is 87.6 cm³/mol. The summed E-state index contributed by atoms with van der Waals surface area (Å²) in [6.45, 7) is 2.68. The van der Waals surface area contributed by atoms with Gasteiger partial charge in [0, 0.05) is 32.7 Å². The second-order valence-electron chi connectivity index (χ2n) is 6.24. The van der Waals surface area contributed by atoms with Crippen LogP contribution >= 0.6 is 0 Å². The van der Waals surface area contributed by atoms with Crippen molar-refractivity contribution >= 4 is 0 Å². The Kier molecular flexibility index (Phi) is 5.41. The summed E-state index contributed by atoms with van der Waals surface area (Å²) in [5.74, 6) is 1.47. The Balaban J connectivity index is 1.68. The highest BCUT2D eigenvalue weighted by atomic mass is 19.1. The number of aromatic nitrogens is 2. The standard InChI is InChI=1S/C18H24FN3O/c1-22-9-8-20-18(22)17(12-14-2-4-16(19)5-3-14)21-13-15-6-10-23-11-7-15/h2-5,8-9,15,17,21H,6-7,10-13H2,1H3. The van der Waals surface area contributed by atoms with E-state index in [9.17, 15) is 4.39 Å². The molecule has 124 valence electrons. The van der Waals surface area contributed by atoms with Crippen molar-refractivity contribution < 1.29 is 9.13 Å². The van der Waals surface area contributed by atoms with Gasteiger partial charge in [-0.2, -0.15) is 0 Å². The Hall–Kier alpha value is -1.72. The summed E-state index contributed by atoms with van der Waals surface area (Å²) in [7, 11) is 2.01. The van der Waals surface area contributed by atoms with Gasteiger partial charge in [-0.05, 0) is 49.4 Å². The van der Waals surface area contributed by atoms with Crippen LogP contribution in [0.3, 0.4) is 0 Å². The quantitative estimate of drug-likeness (QED) is 0.890. The SMILES string of the molecule is Cn1ccnc1C(Cc1ccc(F)cc1)NCC1CCOCC1. The number of ether oxygens (including phenoxy) is 1. The highest BCUT2D eigenvalue weighted by Gasteiger charge is 2.20.